The molecule has 6 heteroatoms. The second-order valence-electron chi connectivity index (χ2n) is 8.61. The predicted molar refractivity (Wildman–Crippen MR) is 132 cm³/mol. The van der Waals surface area contributed by atoms with E-state index in [9.17, 15) is 10.1 Å². The number of halogens is 1. The van der Waals surface area contributed by atoms with E-state index < -0.39 is 11.7 Å². The summed E-state index contributed by atoms with van der Waals surface area (Å²) in [5.74, 6) is -0.469. The Hall–Kier alpha value is -3.59. The zero-order valence-corrected chi connectivity index (χ0v) is 19.8. The van der Waals surface area contributed by atoms with E-state index in [1.54, 1.807) is 30.3 Å². The van der Waals surface area contributed by atoms with Crippen LogP contribution >= 0.6 is 0 Å². The van der Waals surface area contributed by atoms with E-state index >= 15 is 4.39 Å². The highest BCUT2D eigenvalue weighted by atomic mass is 19.1. The molecule has 0 bridgehead atoms. The van der Waals surface area contributed by atoms with Crippen LogP contribution in [-0.2, 0) is 4.79 Å². The van der Waals surface area contributed by atoms with Crippen LogP contribution in [0.1, 0.15) is 52.2 Å². The molecule has 0 atom stereocenters. The molecule has 33 heavy (non-hydrogen) atoms. The number of hydrogen-bond donors (Lipinski definition) is 1. The molecule has 1 heterocycles. The normalized spacial score (nSPS) is 14.8. The number of carbonyl (C=O) groups is 1. The van der Waals surface area contributed by atoms with Crippen LogP contribution in [0.3, 0.4) is 0 Å². The number of benzene rings is 2. The number of carbonyl (C=O) groups excluding carboxylic acids is 1. The fraction of sp³-hybridized carbons (Fsp3) is 0.333. The maximum atomic E-state index is 15.1. The lowest BCUT2D eigenvalue weighted by molar-refractivity contribution is -0.112. The van der Waals surface area contributed by atoms with Crippen LogP contribution in [0.2, 0.25) is 0 Å². The number of allylic oxidation sites excluding steroid dienone is 1. The first-order valence-electron chi connectivity index (χ1n) is 11.2. The van der Waals surface area contributed by atoms with Gasteiger partial charge >= 0.3 is 0 Å². The summed E-state index contributed by atoms with van der Waals surface area (Å²) < 4.78 is 20.6. The number of rotatable bonds is 7. The Morgan fingerprint density at radius 2 is 2.03 bits per heavy atom. The molecule has 0 aliphatic carbocycles. The number of ether oxygens (including phenoxy) is 1. The van der Waals surface area contributed by atoms with Gasteiger partial charge in [0.1, 0.15) is 23.2 Å². The van der Waals surface area contributed by atoms with Gasteiger partial charge in [-0.1, -0.05) is 19.1 Å². The van der Waals surface area contributed by atoms with E-state index in [4.69, 9.17) is 4.74 Å². The lowest BCUT2D eigenvalue weighted by Crippen LogP contribution is -2.45. The minimum absolute atomic E-state index is 0.182. The van der Waals surface area contributed by atoms with Gasteiger partial charge in [0.15, 0.2) is 0 Å². The Labute approximate surface area is 195 Å². The molecule has 0 spiro atoms. The molecule has 1 amide bonds. The summed E-state index contributed by atoms with van der Waals surface area (Å²) in [4.78, 5) is 14.9. The Kier molecular flexibility index (Phi) is 7.23. The molecule has 0 radical (unpaired) electrons. The lowest BCUT2D eigenvalue weighted by Gasteiger charge is -2.43. The summed E-state index contributed by atoms with van der Waals surface area (Å²) in [6, 6.07) is 12.0. The summed E-state index contributed by atoms with van der Waals surface area (Å²) in [5.41, 5.74) is 3.04. The van der Waals surface area contributed by atoms with E-state index in [2.05, 4.69) is 37.1 Å². The van der Waals surface area contributed by atoms with Crippen molar-refractivity contribution < 1.29 is 13.9 Å². The van der Waals surface area contributed by atoms with Gasteiger partial charge < -0.3 is 15.0 Å². The number of amides is 1. The maximum Gasteiger partial charge on any atom is 0.266 e. The standard InChI is InChI=1S/C27H30FN3O2/c1-6-11-31-25-15-24(28)19(13-23(25)18(3)16-27(31,4)5)12-20(17-29)26(32)30-21-9-8-10-22(14-21)33-7-2/h8-10,12-16H,6-7,11H2,1-5H3,(H,30,32)/b20-12+. The third kappa shape index (κ3) is 5.25. The molecule has 2 aromatic rings. The average molecular weight is 448 g/mol. The van der Waals surface area contributed by atoms with E-state index in [0.29, 0.717) is 18.0 Å². The molecule has 1 N–H and O–H groups in total. The zero-order chi connectivity index (χ0) is 24.2. The molecule has 1 aliphatic rings. The second-order valence-corrected chi connectivity index (χ2v) is 8.61. The van der Waals surface area contributed by atoms with Gasteiger partial charge in [0.25, 0.3) is 5.91 Å². The van der Waals surface area contributed by atoms with Crippen molar-refractivity contribution in [3.8, 4) is 11.8 Å². The highest BCUT2D eigenvalue weighted by Gasteiger charge is 2.31. The van der Waals surface area contributed by atoms with Crippen LogP contribution in [0, 0.1) is 17.1 Å². The van der Waals surface area contributed by atoms with Gasteiger partial charge in [-0.3, -0.25) is 4.79 Å². The molecular formula is C27H30FN3O2. The van der Waals surface area contributed by atoms with Gasteiger partial charge in [0, 0.05) is 35.1 Å². The predicted octanol–water partition coefficient (Wildman–Crippen LogP) is 6.18. The van der Waals surface area contributed by atoms with Crippen LogP contribution < -0.4 is 15.0 Å². The third-order valence-corrected chi connectivity index (χ3v) is 5.61. The van der Waals surface area contributed by atoms with Crippen LogP contribution in [-0.4, -0.2) is 24.6 Å². The first kappa shape index (κ1) is 24.1. The van der Waals surface area contributed by atoms with Crippen molar-refractivity contribution in [2.24, 2.45) is 0 Å². The van der Waals surface area contributed by atoms with Gasteiger partial charge in [-0.05, 0) is 70.0 Å². The summed E-state index contributed by atoms with van der Waals surface area (Å²) in [6.07, 6.45) is 4.40. The van der Waals surface area contributed by atoms with Crippen LogP contribution in [0.5, 0.6) is 5.75 Å². The molecule has 5 nitrogen and oxygen atoms in total. The Balaban J connectivity index is 1.95. The Morgan fingerprint density at radius 3 is 2.70 bits per heavy atom. The summed E-state index contributed by atoms with van der Waals surface area (Å²) in [6.45, 7) is 11.5. The van der Waals surface area contributed by atoms with Gasteiger partial charge in [-0.15, -0.1) is 0 Å². The molecule has 1 aliphatic heterocycles. The molecule has 0 aromatic heterocycles. The van der Waals surface area contributed by atoms with Crippen LogP contribution in [0.25, 0.3) is 11.6 Å². The molecule has 3 rings (SSSR count). The van der Waals surface area contributed by atoms with E-state index in [-0.39, 0.29) is 16.7 Å². The number of nitriles is 1. The van der Waals surface area contributed by atoms with Crippen molar-refractivity contribution in [1.82, 2.24) is 0 Å². The number of nitrogens with zero attached hydrogens (tertiary/aromatic N) is 2. The number of hydrogen-bond acceptors (Lipinski definition) is 4. The second kappa shape index (κ2) is 9.91. The minimum atomic E-state index is -0.607. The molecule has 0 saturated heterocycles. The fourth-order valence-corrected chi connectivity index (χ4v) is 4.19. The third-order valence-electron chi connectivity index (χ3n) is 5.61. The summed E-state index contributed by atoms with van der Waals surface area (Å²) in [5, 5.41) is 12.3. The first-order valence-corrected chi connectivity index (χ1v) is 11.2. The summed E-state index contributed by atoms with van der Waals surface area (Å²) >= 11 is 0. The fourth-order valence-electron chi connectivity index (χ4n) is 4.19. The van der Waals surface area contributed by atoms with Gasteiger partial charge in [0.05, 0.1) is 12.1 Å². The van der Waals surface area contributed by atoms with E-state index in [1.807, 2.05) is 19.9 Å². The zero-order valence-electron chi connectivity index (χ0n) is 19.8. The van der Waals surface area contributed by atoms with Crippen molar-refractivity contribution >= 4 is 28.9 Å². The van der Waals surface area contributed by atoms with Crippen LogP contribution in [0.4, 0.5) is 15.8 Å². The highest BCUT2D eigenvalue weighted by molar-refractivity contribution is 6.09. The first-order chi connectivity index (χ1) is 15.7. The van der Waals surface area contributed by atoms with Crippen molar-refractivity contribution in [3.05, 3.63) is 65.0 Å². The number of nitrogens with one attached hydrogen (secondary N) is 1. The molecule has 0 fully saturated rings. The molecule has 172 valence electrons. The van der Waals surface area contributed by atoms with Crippen molar-refractivity contribution in [3.63, 3.8) is 0 Å². The maximum absolute atomic E-state index is 15.1. The van der Waals surface area contributed by atoms with E-state index in [1.165, 1.54) is 12.1 Å². The van der Waals surface area contributed by atoms with Crippen molar-refractivity contribution in [1.29, 1.82) is 5.26 Å². The van der Waals surface area contributed by atoms with Crippen molar-refractivity contribution in [2.75, 3.05) is 23.4 Å². The number of fused-ring (bicyclic) bond motifs is 1. The molecule has 0 unspecified atom stereocenters. The Morgan fingerprint density at radius 1 is 1.27 bits per heavy atom. The monoisotopic (exact) mass is 447 g/mol. The SMILES string of the molecule is CCCN1c2cc(F)c(/C=C(\C#N)C(=O)Nc3cccc(OCC)c3)cc2C(C)=CC1(C)C. The van der Waals surface area contributed by atoms with Gasteiger partial charge in [-0.25, -0.2) is 4.39 Å². The molecule has 2 aromatic carbocycles. The quantitative estimate of drug-likeness (QED) is 0.406. The minimum Gasteiger partial charge on any atom is -0.494 e. The van der Waals surface area contributed by atoms with Gasteiger partial charge in [0.2, 0.25) is 0 Å². The number of anilines is 2. The molecule has 0 saturated carbocycles. The lowest BCUT2D eigenvalue weighted by atomic mass is 9.87. The molecular weight excluding hydrogens is 417 g/mol. The average Bonchev–Trinajstić information content (AvgIpc) is 2.75. The van der Waals surface area contributed by atoms with Gasteiger partial charge in [-0.2, -0.15) is 5.26 Å². The highest BCUT2D eigenvalue weighted by Crippen LogP contribution is 2.40. The largest absolute Gasteiger partial charge is 0.494 e. The van der Waals surface area contributed by atoms with Crippen molar-refractivity contribution in [2.45, 2.75) is 46.6 Å². The smallest absolute Gasteiger partial charge is 0.266 e. The van der Waals surface area contributed by atoms with Crippen LogP contribution in [0.15, 0.2) is 48.0 Å². The van der Waals surface area contributed by atoms with E-state index in [0.717, 1.165) is 29.8 Å². The topological polar surface area (TPSA) is 65.4 Å². The Bertz CT molecular complexity index is 1160. The summed E-state index contributed by atoms with van der Waals surface area (Å²) in [7, 11) is 0.